The molecule has 0 heterocycles. The number of benzene rings is 1. The average Bonchev–Trinajstić information content (AvgIpc) is 2.70. The number of allylic oxidation sites excluding steroid dienone is 1. The van der Waals surface area contributed by atoms with Gasteiger partial charge in [-0.05, 0) is 87.5 Å². The number of hydrogen-bond donors (Lipinski definition) is 0. The maximum absolute atomic E-state index is 5.98. The molecule has 27 heavy (non-hydrogen) atoms. The molecule has 150 valence electrons. The quantitative estimate of drug-likeness (QED) is 0.383. The van der Waals surface area contributed by atoms with Crippen LogP contribution in [0.5, 0.6) is 11.5 Å². The van der Waals surface area contributed by atoms with Crippen LogP contribution in [0.1, 0.15) is 64.7 Å². The molecule has 0 aromatic heterocycles. The first-order chi connectivity index (χ1) is 13.2. The Balaban J connectivity index is 1.26. The lowest BCUT2D eigenvalue weighted by atomic mass is 9.87. The van der Waals surface area contributed by atoms with Gasteiger partial charge in [0.15, 0.2) is 0 Å². The van der Waals surface area contributed by atoms with Gasteiger partial charge in [-0.1, -0.05) is 19.1 Å². The fourth-order valence-corrected chi connectivity index (χ4v) is 3.99. The van der Waals surface area contributed by atoms with Gasteiger partial charge in [-0.15, -0.1) is 0 Å². The van der Waals surface area contributed by atoms with Gasteiger partial charge in [-0.25, -0.2) is 0 Å². The van der Waals surface area contributed by atoms with E-state index in [4.69, 9.17) is 14.2 Å². The highest BCUT2D eigenvalue weighted by Crippen LogP contribution is 2.28. The Morgan fingerprint density at radius 1 is 0.852 bits per heavy atom. The Bertz CT molecular complexity index is 547. The minimum absolute atomic E-state index is 0.472. The van der Waals surface area contributed by atoms with E-state index >= 15 is 0 Å². The molecule has 2 saturated carbocycles. The zero-order chi connectivity index (χ0) is 18.9. The predicted octanol–water partition coefficient (Wildman–Crippen LogP) is 6.18. The van der Waals surface area contributed by atoms with E-state index in [0.29, 0.717) is 18.6 Å². The van der Waals surface area contributed by atoms with Crippen LogP contribution in [0.3, 0.4) is 0 Å². The molecule has 0 saturated heterocycles. The van der Waals surface area contributed by atoms with Crippen LogP contribution in [0.15, 0.2) is 36.4 Å². The summed E-state index contributed by atoms with van der Waals surface area (Å²) in [5.41, 5.74) is 1.39. The third-order valence-electron chi connectivity index (χ3n) is 6.00. The van der Waals surface area contributed by atoms with E-state index in [-0.39, 0.29) is 0 Å². The molecule has 2 aliphatic carbocycles. The molecule has 3 heteroatoms. The van der Waals surface area contributed by atoms with Crippen LogP contribution in [0.25, 0.3) is 0 Å². The summed E-state index contributed by atoms with van der Waals surface area (Å²) >= 11 is 0. The fraction of sp³-hybridized carbons (Fsp3) is 0.667. The van der Waals surface area contributed by atoms with Gasteiger partial charge in [0.1, 0.15) is 11.5 Å². The van der Waals surface area contributed by atoms with Crippen molar-refractivity contribution in [3.8, 4) is 11.5 Å². The molecule has 2 fully saturated rings. The van der Waals surface area contributed by atoms with E-state index in [9.17, 15) is 0 Å². The van der Waals surface area contributed by atoms with Crippen LogP contribution in [0, 0.1) is 11.8 Å². The van der Waals surface area contributed by atoms with Gasteiger partial charge < -0.3 is 14.2 Å². The SMILES string of the molecule is C=C1CCC(COc2ccc(OCCCOC3CCC(C)CC3)cc2)CC1. The summed E-state index contributed by atoms with van der Waals surface area (Å²) in [4.78, 5) is 0. The summed E-state index contributed by atoms with van der Waals surface area (Å²) in [5, 5.41) is 0. The second kappa shape index (κ2) is 10.8. The minimum atomic E-state index is 0.472. The van der Waals surface area contributed by atoms with E-state index in [0.717, 1.165) is 49.9 Å². The standard InChI is InChI=1S/C24H36O3/c1-19-4-8-21(9-5-19)18-27-24-14-12-23(13-15-24)26-17-3-16-25-22-10-6-20(2)7-11-22/h12-15,20-22H,1,3-11,16-18H2,2H3. The average molecular weight is 373 g/mol. The Hall–Kier alpha value is -1.48. The molecule has 0 aliphatic heterocycles. The van der Waals surface area contributed by atoms with Crippen molar-refractivity contribution in [1.82, 2.24) is 0 Å². The lowest BCUT2D eigenvalue weighted by Crippen LogP contribution is -2.21. The van der Waals surface area contributed by atoms with Crippen LogP contribution < -0.4 is 9.47 Å². The third kappa shape index (κ3) is 7.21. The molecule has 2 aliphatic rings. The molecule has 0 radical (unpaired) electrons. The number of rotatable bonds is 9. The highest BCUT2D eigenvalue weighted by atomic mass is 16.5. The highest BCUT2D eigenvalue weighted by Gasteiger charge is 2.18. The van der Waals surface area contributed by atoms with Crippen molar-refractivity contribution in [2.45, 2.75) is 70.8 Å². The van der Waals surface area contributed by atoms with Crippen molar-refractivity contribution in [1.29, 1.82) is 0 Å². The highest BCUT2D eigenvalue weighted by molar-refractivity contribution is 5.31. The van der Waals surface area contributed by atoms with Gasteiger partial charge in [0.2, 0.25) is 0 Å². The van der Waals surface area contributed by atoms with Crippen molar-refractivity contribution in [3.05, 3.63) is 36.4 Å². The Labute approximate surface area is 165 Å². The zero-order valence-electron chi connectivity index (χ0n) is 17.0. The summed E-state index contributed by atoms with van der Waals surface area (Å²) in [6.07, 6.45) is 11.2. The van der Waals surface area contributed by atoms with Gasteiger partial charge in [-0.3, -0.25) is 0 Å². The largest absolute Gasteiger partial charge is 0.494 e. The van der Waals surface area contributed by atoms with Crippen molar-refractivity contribution in [3.63, 3.8) is 0 Å². The van der Waals surface area contributed by atoms with Crippen LogP contribution in [-0.2, 0) is 4.74 Å². The fourth-order valence-electron chi connectivity index (χ4n) is 3.99. The van der Waals surface area contributed by atoms with Crippen molar-refractivity contribution >= 4 is 0 Å². The Morgan fingerprint density at radius 3 is 2.15 bits per heavy atom. The van der Waals surface area contributed by atoms with Gasteiger partial charge in [0.05, 0.1) is 25.9 Å². The molecule has 0 N–H and O–H groups in total. The zero-order valence-corrected chi connectivity index (χ0v) is 17.0. The lowest BCUT2D eigenvalue weighted by molar-refractivity contribution is 0.0146. The number of ether oxygens (including phenoxy) is 3. The lowest BCUT2D eigenvalue weighted by Gasteiger charge is -2.26. The van der Waals surface area contributed by atoms with E-state index in [1.165, 1.54) is 44.1 Å². The molecule has 1 aromatic rings. The normalized spacial score (nSPS) is 24.0. The van der Waals surface area contributed by atoms with Gasteiger partial charge in [0.25, 0.3) is 0 Å². The van der Waals surface area contributed by atoms with Gasteiger partial charge >= 0.3 is 0 Å². The first-order valence-corrected chi connectivity index (χ1v) is 10.8. The van der Waals surface area contributed by atoms with Crippen molar-refractivity contribution in [2.75, 3.05) is 19.8 Å². The summed E-state index contributed by atoms with van der Waals surface area (Å²) in [7, 11) is 0. The molecule has 0 unspecified atom stereocenters. The maximum Gasteiger partial charge on any atom is 0.119 e. The first kappa shape index (κ1) is 20.3. The third-order valence-corrected chi connectivity index (χ3v) is 6.00. The first-order valence-electron chi connectivity index (χ1n) is 10.8. The maximum atomic E-state index is 5.98. The summed E-state index contributed by atoms with van der Waals surface area (Å²) < 4.78 is 17.8. The topological polar surface area (TPSA) is 27.7 Å². The van der Waals surface area contributed by atoms with Crippen LogP contribution in [0.4, 0.5) is 0 Å². The predicted molar refractivity (Wildman–Crippen MR) is 111 cm³/mol. The number of hydrogen-bond acceptors (Lipinski definition) is 3. The monoisotopic (exact) mass is 372 g/mol. The van der Waals surface area contributed by atoms with Crippen LogP contribution in [-0.4, -0.2) is 25.9 Å². The molecule has 0 spiro atoms. The molecular weight excluding hydrogens is 336 g/mol. The van der Waals surface area contributed by atoms with E-state index in [1.807, 2.05) is 24.3 Å². The molecular formula is C24H36O3. The van der Waals surface area contributed by atoms with E-state index < -0.39 is 0 Å². The molecule has 3 rings (SSSR count). The molecule has 3 nitrogen and oxygen atoms in total. The second-order valence-electron chi connectivity index (χ2n) is 8.43. The molecule has 1 aromatic carbocycles. The molecule has 0 bridgehead atoms. The second-order valence-corrected chi connectivity index (χ2v) is 8.43. The summed E-state index contributed by atoms with van der Waals surface area (Å²) in [6.45, 7) is 8.73. The smallest absolute Gasteiger partial charge is 0.119 e. The van der Waals surface area contributed by atoms with E-state index in [2.05, 4.69) is 13.5 Å². The van der Waals surface area contributed by atoms with Crippen LogP contribution >= 0.6 is 0 Å². The Kier molecular flexibility index (Phi) is 8.07. The van der Waals surface area contributed by atoms with Crippen molar-refractivity contribution < 1.29 is 14.2 Å². The molecule has 0 atom stereocenters. The summed E-state index contributed by atoms with van der Waals surface area (Å²) in [5.74, 6) is 3.38. The van der Waals surface area contributed by atoms with Gasteiger partial charge in [0, 0.05) is 6.42 Å². The van der Waals surface area contributed by atoms with E-state index in [1.54, 1.807) is 0 Å². The summed E-state index contributed by atoms with van der Waals surface area (Å²) in [6, 6.07) is 8.02. The minimum Gasteiger partial charge on any atom is -0.494 e. The van der Waals surface area contributed by atoms with Crippen molar-refractivity contribution in [2.24, 2.45) is 11.8 Å². The van der Waals surface area contributed by atoms with Gasteiger partial charge in [-0.2, -0.15) is 0 Å². The van der Waals surface area contributed by atoms with Crippen LogP contribution in [0.2, 0.25) is 0 Å². The Morgan fingerprint density at radius 2 is 1.48 bits per heavy atom. The molecule has 0 amide bonds.